The Morgan fingerprint density at radius 3 is 2.61 bits per heavy atom. The molecular weight excluding hydrogens is 477 g/mol. The van der Waals surface area contributed by atoms with Gasteiger partial charge in [-0.1, -0.05) is 17.7 Å². The lowest BCUT2D eigenvalue weighted by molar-refractivity contribution is 0.0352. The van der Waals surface area contributed by atoms with Crippen LogP contribution in [0.2, 0.25) is 0 Å². The van der Waals surface area contributed by atoms with E-state index in [2.05, 4.69) is 20.0 Å². The van der Waals surface area contributed by atoms with Gasteiger partial charge in [-0.2, -0.15) is 0 Å². The first-order valence-corrected chi connectivity index (χ1v) is 13.1. The number of aryl methyl sites for hydroxylation is 1. The topological polar surface area (TPSA) is 62.1 Å². The van der Waals surface area contributed by atoms with Gasteiger partial charge in [-0.05, 0) is 43.3 Å². The Morgan fingerprint density at radius 1 is 1.11 bits per heavy atom. The summed E-state index contributed by atoms with van der Waals surface area (Å²) in [5, 5.41) is 5.14. The molecular formula is C27H30FN5O2S. The van der Waals surface area contributed by atoms with Crippen molar-refractivity contribution in [3.8, 4) is 11.3 Å². The van der Waals surface area contributed by atoms with Gasteiger partial charge in [0.05, 0.1) is 18.9 Å². The maximum atomic E-state index is 13.3. The van der Waals surface area contributed by atoms with Crippen molar-refractivity contribution < 1.29 is 13.9 Å². The van der Waals surface area contributed by atoms with Crippen LogP contribution in [0, 0.1) is 12.7 Å². The molecule has 2 aromatic carbocycles. The van der Waals surface area contributed by atoms with Gasteiger partial charge in [-0.15, -0.1) is 11.3 Å². The molecule has 0 bridgehead atoms. The monoisotopic (exact) mass is 507 g/mol. The molecule has 0 radical (unpaired) electrons. The van der Waals surface area contributed by atoms with Crippen LogP contribution in [0.15, 0.2) is 60.1 Å². The molecule has 1 aliphatic heterocycles. The molecule has 2 amide bonds. The number of aromatic nitrogens is 2. The van der Waals surface area contributed by atoms with Gasteiger partial charge < -0.3 is 15.0 Å². The number of ether oxygens (including phenoxy) is 1. The molecule has 0 unspecified atom stereocenters. The summed E-state index contributed by atoms with van der Waals surface area (Å²) >= 11 is 1.57. The molecule has 2 aromatic heterocycles. The van der Waals surface area contributed by atoms with Crippen molar-refractivity contribution in [3.05, 3.63) is 77.2 Å². The zero-order chi connectivity index (χ0) is 24.9. The molecule has 1 fully saturated rings. The third kappa shape index (κ3) is 5.92. The minimum absolute atomic E-state index is 0.101. The van der Waals surface area contributed by atoms with Crippen LogP contribution in [0.3, 0.4) is 0 Å². The third-order valence-corrected chi connectivity index (χ3v) is 7.33. The van der Waals surface area contributed by atoms with Gasteiger partial charge in [0.25, 0.3) is 0 Å². The van der Waals surface area contributed by atoms with Crippen LogP contribution in [0.5, 0.6) is 0 Å². The van der Waals surface area contributed by atoms with Gasteiger partial charge in [0, 0.05) is 67.7 Å². The van der Waals surface area contributed by atoms with Crippen molar-refractivity contribution in [3.63, 3.8) is 0 Å². The summed E-state index contributed by atoms with van der Waals surface area (Å²) in [5.74, 6) is -0.262. The van der Waals surface area contributed by atoms with E-state index in [-0.39, 0.29) is 11.8 Å². The van der Waals surface area contributed by atoms with Crippen molar-refractivity contribution >= 4 is 28.0 Å². The van der Waals surface area contributed by atoms with E-state index in [1.165, 1.54) is 12.1 Å². The van der Waals surface area contributed by atoms with E-state index in [1.54, 1.807) is 23.5 Å². The lowest BCUT2D eigenvalue weighted by atomic mass is 10.2. The number of hydrogen-bond acceptors (Lipinski definition) is 5. The number of benzene rings is 2. The Kier molecular flexibility index (Phi) is 7.60. The number of carbonyl (C=O) groups excluding carboxylic acids is 1. The number of amides is 2. The fourth-order valence-electron chi connectivity index (χ4n) is 4.26. The summed E-state index contributed by atoms with van der Waals surface area (Å²) in [4.78, 5) is 23.0. The first-order valence-electron chi connectivity index (χ1n) is 12.2. The summed E-state index contributed by atoms with van der Waals surface area (Å²) < 4.78 is 20.8. The predicted octanol–water partition coefficient (Wildman–Crippen LogP) is 4.92. The number of rotatable bonds is 8. The highest BCUT2D eigenvalue weighted by atomic mass is 32.1. The van der Waals surface area contributed by atoms with Gasteiger partial charge in [-0.25, -0.2) is 14.2 Å². The third-order valence-electron chi connectivity index (χ3n) is 6.44. The van der Waals surface area contributed by atoms with Crippen LogP contribution in [0.1, 0.15) is 11.3 Å². The highest BCUT2D eigenvalue weighted by Gasteiger charge is 2.18. The normalized spacial score (nSPS) is 14.3. The Bertz CT molecular complexity index is 1300. The van der Waals surface area contributed by atoms with Gasteiger partial charge in [0.1, 0.15) is 5.82 Å². The maximum Gasteiger partial charge on any atom is 0.321 e. The smallest absolute Gasteiger partial charge is 0.321 e. The van der Waals surface area contributed by atoms with Crippen LogP contribution in [0.25, 0.3) is 16.2 Å². The molecule has 4 aromatic rings. The zero-order valence-corrected chi connectivity index (χ0v) is 21.1. The van der Waals surface area contributed by atoms with Crippen LogP contribution in [-0.2, 0) is 11.2 Å². The molecule has 0 saturated carbocycles. The Labute approximate surface area is 214 Å². The quantitative estimate of drug-likeness (QED) is 0.368. The molecule has 0 spiro atoms. The van der Waals surface area contributed by atoms with Gasteiger partial charge in [0.15, 0.2) is 4.96 Å². The van der Waals surface area contributed by atoms with E-state index in [0.717, 1.165) is 66.0 Å². The van der Waals surface area contributed by atoms with E-state index in [1.807, 2.05) is 42.3 Å². The summed E-state index contributed by atoms with van der Waals surface area (Å²) in [6.45, 7) is 7.30. The molecule has 1 saturated heterocycles. The molecule has 36 heavy (non-hydrogen) atoms. The van der Waals surface area contributed by atoms with Gasteiger partial charge in [-0.3, -0.25) is 9.30 Å². The second kappa shape index (κ2) is 11.2. The largest absolute Gasteiger partial charge is 0.379 e. The molecule has 7 nitrogen and oxygen atoms in total. The molecule has 1 N–H and O–H groups in total. The van der Waals surface area contributed by atoms with Crippen molar-refractivity contribution in [1.82, 2.24) is 19.2 Å². The fourth-order valence-corrected chi connectivity index (χ4v) is 5.17. The van der Waals surface area contributed by atoms with E-state index in [9.17, 15) is 9.18 Å². The van der Waals surface area contributed by atoms with Crippen LogP contribution < -0.4 is 5.32 Å². The number of morpholine rings is 1. The van der Waals surface area contributed by atoms with Gasteiger partial charge in [0.2, 0.25) is 0 Å². The van der Waals surface area contributed by atoms with E-state index in [4.69, 9.17) is 9.72 Å². The number of carbonyl (C=O) groups is 1. The van der Waals surface area contributed by atoms with Crippen molar-refractivity contribution in [2.24, 2.45) is 0 Å². The average molecular weight is 508 g/mol. The number of urea groups is 1. The standard InChI is InChI=1S/C27H30FN5O2S/c1-20-2-8-23(9-3-20)29-26(34)32(13-12-31-14-16-35-17-15-31)11-10-24-19-36-27-30-25(18-33(24)27)21-4-6-22(28)7-5-21/h2-9,18-19H,10-17H2,1H3,(H,29,34). The maximum absolute atomic E-state index is 13.3. The lowest BCUT2D eigenvalue weighted by Crippen LogP contribution is -2.45. The van der Waals surface area contributed by atoms with E-state index >= 15 is 0 Å². The molecule has 3 heterocycles. The number of halogens is 1. The van der Waals surface area contributed by atoms with Crippen molar-refractivity contribution in [2.75, 3.05) is 51.3 Å². The molecule has 5 rings (SSSR count). The number of nitrogens with one attached hydrogen (secondary N) is 1. The second-order valence-corrected chi connectivity index (χ2v) is 9.84. The summed E-state index contributed by atoms with van der Waals surface area (Å²) in [6, 6.07) is 14.1. The van der Waals surface area contributed by atoms with Crippen molar-refractivity contribution in [2.45, 2.75) is 13.3 Å². The number of thiazole rings is 1. The SMILES string of the molecule is Cc1ccc(NC(=O)N(CCc2csc3nc(-c4ccc(F)cc4)cn23)CCN2CCOCC2)cc1. The number of imidazole rings is 1. The molecule has 0 atom stereocenters. The molecule has 1 aliphatic rings. The number of fused-ring (bicyclic) bond motifs is 1. The lowest BCUT2D eigenvalue weighted by Gasteiger charge is -2.30. The zero-order valence-electron chi connectivity index (χ0n) is 20.3. The van der Waals surface area contributed by atoms with E-state index < -0.39 is 0 Å². The fraction of sp³-hybridized carbons (Fsp3) is 0.333. The molecule has 9 heteroatoms. The predicted molar refractivity (Wildman–Crippen MR) is 141 cm³/mol. The summed E-state index contributed by atoms with van der Waals surface area (Å²) in [5.41, 5.74) is 4.72. The Morgan fingerprint density at radius 2 is 1.86 bits per heavy atom. The number of nitrogens with zero attached hydrogens (tertiary/aromatic N) is 4. The van der Waals surface area contributed by atoms with Crippen LogP contribution in [-0.4, -0.2) is 71.2 Å². The number of hydrogen-bond donors (Lipinski definition) is 1. The summed E-state index contributed by atoms with van der Waals surface area (Å²) in [6.07, 6.45) is 2.68. The molecule has 0 aliphatic carbocycles. The highest BCUT2D eigenvalue weighted by Crippen LogP contribution is 2.24. The first-order chi connectivity index (χ1) is 17.5. The Hall–Kier alpha value is -3.27. The van der Waals surface area contributed by atoms with Crippen LogP contribution in [0.4, 0.5) is 14.9 Å². The minimum Gasteiger partial charge on any atom is -0.379 e. The van der Waals surface area contributed by atoms with Gasteiger partial charge >= 0.3 is 6.03 Å². The second-order valence-electron chi connectivity index (χ2n) is 9.00. The highest BCUT2D eigenvalue weighted by molar-refractivity contribution is 7.15. The summed E-state index contributed by atoms with van der Waals surface area (Å²) in [7, 11) is 0. The van der Waals surface area contributed by atoms with E-state index in [0.29, 0.717) is 19.5 Å². The number of anilines is 1. The van der Waals surface area contributed by atoms with Crippen LogP contribution >= 0.6 is 11.3 Å². The minimum atomic E-state index is -0.262. The first kappa shape index (κ1) is 24.4. The Balaban J connectivity index is 1.29. The van der Waals surface area contributed by atoms with Crippen molar-refractivity contribution in [1.29, 1.82) is 0 Å². The molecule has 188 valence electrons. The average Bonchev–Trinajstić information content (AvgIpc) is 3.48.